The lowest BCUT2D eigenvalue weighted by molar-refractivity contribution is -0.115. The summed E-state index contributed by atoms with van der Waals surface area (Å²) in [4.78, 5) is 27.3. The van der Waals surface area contributed by atoms with Crippen LogP contribution in [0.1, 0.15) is 6.92 Å². The van der Waals surface area contributed by atoms with Crippen LogP contribution in [0.3, 0.4) is 0 Å². The van der Waals surface area contributed by atoms with Crippen molar-refractivity contribution in [2.45, 2.75) is 6.92 Å². The van der Waals surface area contributed by atoms with E-state index < -0.39 is 11.7 Å². The molecule has 0 unspecified atom stereocenters. The molecule has 0 aliphatic carbocycles. The summed E-state index contributed by atoms with van der Waals surface area (Å²) in [6.07, 6.45) is 1.34. The van der Waals surface area contributed by atoms with Crippen LogP contribution in [0.5, 0.6) is 0 Å². The predicted octanol–water partition coefficient (Wildman–Crippen LogP) is 3.30. The molecule has 0 radical (unpaired) electrons. The van der Waals surface area contributed by atoms with Crippen LogP contribution in [0.25, 0.3) is 0 Å². The number of benzene rings is 1. The van der Waals surface area contributed by atoms with E-state index in [1.54, 1.807) is 6.07 Å². The average molecular weight is 259 g/mol. The first-order valence-corrected chi connectivity index (χ1v) is 5.48. The van der Waals surface area contributed by atoms with Gasteiger partial charge >= 0.3 is 0 Å². The van der Waals surface area contributed by atoms with E-state index in [1.165, 1.54) is 43.5 Å². The van der Waals surface area contributed by atoms with Gasteiger partial charge in [-0.15, -0.1) is 4.91 Å². The van der Waals surface area contributed by atoms with E-state index >= 15 is 0 Å². The summed E-state index contributed by atoms with van der Waals surface area (Å²) in [7, 11) is 0. The van der Waals surface area contributed by atoms with Crippen molar-refractivity contribution in [1.82, 2.24) is 4.98 Å². The van der Waals surface area contributed by atoms with Gasteiger partial charge in [0.15, 0.2) is 0 Å². The summed E-state index contributed by atoms with van der Waals surface area (Å²) in [5, 5.41) is 2.77. The Labute approximate surface area is 108 Å². The third kappa shape index (κ3) is 2.62. The summed E-state index contributed by atoms with van der Waals surface area (Å²) in [6, 6.07) is 8.55. The van der Waals surface area contributed by atoms with E-state index in [9.17, 15) is 14.1 Å². The number of nitroso groups, excluding NO2 is 1. The topological polar surface area (TPSA) is 62.6 Å². The minimum Gasteiger partial charge on any atom is -0.274 e. The fraction of sp³-hybridized carbons (Fsp3) is 0.0769. The summed E-state index contributed by atoms with van der Waals surface area (Å²) in [5.41, 5.74) is 0.193. The second-order valence-electron chi connectivity index (χ2n) is 3.77. The standard InChI is InChI=1S/C13H10FN3O2/c1-9(18)17(12-5-3-2-4-11(12)14)13-8-10(16-19)6-7-15-13/h2-8H,1H3. The third-order valence-corrected chi connectivity index (χ3v) is 2.47. The van der Waals surface area contributed by atoms with E-state index in [4.69, 9.17) is 0 Å². The first-order chi connectivity index (χ1) is 9.13. The molecule has 1 aromatic carbocycles. The Morgan fingerprint density at radius 2 is 2.05 bits per heavy atom. The summed E-state index contributed by atoms with van der Waals surface area (Å²) in [5.74, 6) is -0.820. The van der Waals surface area contributed by atoms with Crippen molar-refractivity contribution in [3.8, 4) is 0 Å². The lowest BCUT2D eigenvalue weighted by Crippen LogP contribution is -2.24. The van der Waals surface area contributed by atoms with Crippen molar-refractivity contribution in [1.29, 1.82) is 0 Å². The van der Waals surface area contributed by atoms with E-state index in [-0.39, 0.29) is 17.2 Å². The third-order valence-electron chi connectivity index (χ3n) is 2.47. The summed E-state index contributed by atoms with van der Waals surface area (Å²) in [6.45, 7) is 1.29. The Morgan fingerprint density at radius 3 is 2.68 bits per heavy atom. The molecule has 5 nitrogen and oxygen atoms in total. The highest BCUT2D eigenvalue weighted by Gasteiger charge is 2.19. The molecule has 0 atom stereocenters. The predicted molar refractivity (Wildman–Crippen MR) is 68.9 cm³/mol. The highest BCUT2D eigenvalue weighted by molar-refractivity contribution is 5.98. The monoisotopic (exact) mass is 259 g/mol. The van der Waals surface area contributed by atoms with Crippen molar-refractivity contribution in [3.05, 3.63) is 53.3 Å². The van der Waals surface area contributed by atoms with Crippen LogP contribution in [-0.2, 0) is 4.79 Å². The number of halogens is 1. The van der Waals surface area contributed by atoms with Gasteiger partial charge in [0.05, 0.1) is 5.69 Å². The Morgan fingerprint density at radius 1 is 1.32 bits per heavy atom. The number of pyridine rings is 1. The average Bonchev–Trinajstić information content (AvgIpc) is 2.41. The van der Waals surface area contributed by atoms with Crippen molar-refractivity contribution in [3.63, 3.8) is 0 Å². The molecule has 0 saturated heterocycles. The molecule has 2 aromatic rings. The first kappa shape index (κ1) is 12.8. The molecule has 0 spiro atoms. The van der Waals surface area contributed by atoms with Gasteiger partial charge < -0.3 is 0 Å². The maximum absolute atomic E-state index is 13.8. The number of hydrogen-bond acceptors (Lipinski definition) is 4. The van der Waals surface area contributed by atoms with Crippen molar-refractivity contribution >= 4 is 23.1 Å². The lowest BCUT2D eigenvalue weighted by atomic mass is 10.2. The Hall–Kier alpha value is -2.63. The maximum atomic E-state index is 13.8. The number of nitrogens with zero attached hydrogens (tertiary/aromatic N) is 3. The smallest absolute Gasteiger partial charge is 0.229 e. The van der Waals surface area contributed by atoms with Gasteiger partial charge in [-0.3, -0.25) is 9.69 Å². The van der Waals surface area contributed by atoms with Gasteiger partial charge in [0.2, 0.25) is 5.91 Å². The zero-order valence-corrected chi connectivity index (χ0v) is 10.1. The molecule has 0 fully saturated rings. The molecule has 1 amide bonds. The number of para-hydroxylation sites is 1. The van der Waals surface area contributed by atoms with Crippen LogP contribution in [0, 0.1) is 10.7 Å². The molecule has 1 heterocycles. The van der Waals surface area contributed by atoms with Crippen LogP contribution in [-0.4, -0.2) is 10.9 Å². The molecular weight excluding hydrogens is 249 g/mol. The molecular formula is C13H10FN3O2. The highest BCUT2D eigenvalue weighted by Crippen LogP contribution is 2.28. The fourth-order valence-electron chi connectivity index (χ4n) is 1.67. The number of amides is 1. The van der Waals surface area contributed by atoms with Gasteiger partial charge in [-0.1, -0.05) is 12.1 Å². The van der Waals surface area contributed by atoms with E-state index in [2.05, 4.69) is 10.2 Å². The first-order valence-electron chi connectivity index (χ1n) is 5.48. The quantitative estimate of drug-likeness (QED) is 0.794. The van der Waals surface area contributed by atoms with Crippen molar-refractivity contribution < 1.29 is 9.18 Å². The number of rotatable bonds is 3. The van der Waals surface area contributed by atoms with E-state index in [0.717, 1.165) is 4.90 Å². The number of carbonyl (C=O) groups is 1. The van der Waals surface area contributed by atoms with Gasteiger partial charge in [0.25, 0.3) is 0 Å². The van der Waals surface area contributed by atoms with Crippen molar-refractivity contribution in [2.75, 3.05) is 4.90 Å². The van der Waals surface area contributed by atoms with Gasteiger partial charge in [-0.25, -0.2) is 9.37 Å². The summed E-state index contributed by atoms with van der Waals surface area (Å²) >= 11 is 0. The second kappa shape index (κ2) is 5.34. The molecule has 0 N–H and O–H groups in total. The summed E-state index contributed by atoms with van der Waals surface area (Å²) < 4.78 is 13.8. The van der Waals surface area contributed by atoms with Crippen molar-refractivity contribution in [2.24, 2.45) is 5.18 Å². The van der Waals surface area contributed by atoms with E-state index in [0.29, 0.717) is 0 Å². The fourth-order valence-corrected chi connectivity index (χ4v) is 1.67. The molecule has 2 rings (SSSR count). The molecule has 6 heteroatoms. The van der Waals surface area contributed by atoms with Crippen LogP contribution < -0.4 is 4.90 Å². The van der Waals surface area contributed by atoms with Gasteiger partial charge in [0.1, 0.15) is 17.3 Å². The highest BCUT2D eigenvalue weighted by atomic mass is 19.1. The molecule has 0 aliphatic heterocycles. The minimum absolute atomic E-state index is 0.0746. The molecule has 0 aliphatic rings. The Bertz CT molecular complexity index is 631. The molecule has 1 aromatic heterocycles. The largest absolute Gasteiger partial charge is 0.274 e. The van der Waals surface area contributed by atoms with Gasteiger partial charge in [0, 0.05) is 19.2 Å². The number of anilines is 2. The van der Waals surface area contributed by atoms with Crippen LogP contribution in [0.2, 0.25) is 0 Å². The molecule has 0 bridgehead atoms. The zero-order valence-electron chi connectivity index (χ0n) is 10.1. The molecule has 96 valence electrons. The SMILES string of the molecule is CC(=O)N(c1cc(N=O)ccn1)c1ccccc1F. The molecule has 0 saturated carbocycles. The van der Waals surface area contributed by atoms with Crippen LogP contribution >= 0.6 is 0 Å². The lowest BCUT2D eigenvalue weighted by Gasteiger charge is -2.20. The number of aromatic nitrogens is 1. The Kier molecular flexibility index (Phi) is 3.61. The zero-order chi connectivity index (χ0) is 13.8. The second-order valence-corrected chi connectivity index (χ2v) is 3.77. The van der Waals surface area contributed by atoms with Gasteiger partial charge in [-0.2, -0.15) is 0 Å². The maximum Gasteiger partial charge on any atom is 0.229 e. The number of hydrogen-bond donors (Lipinski definition) is 0. The van der Waals surface area contributed by atoms with E-state index in [1.807, 2.05) is 0 Å². The normalized spacial score (nSPS) is 10.0. The van der Waals surface area contributed by atoms with Gasteiger partial charge in [-0.05, 0) is 23.4 Å². The van der Waals surface area contributed by atoms with Crippen LogP contribution in [0.4, 0.5) is 21.6 Å². The number of carbonyl (C=O) groups excluding carboxylic acids is 1. The van der Waals surface area contributed by atoms with Crippen LogP contribution in [0.15, 0.2) is 47.8 Å². The molecule has 19 heavy (non-hydrogen) atoms. The minimum atomic E-state index is -0.552. The Balaban J connectivity index is 2.55.